The van der Waals surface area contributed by atoms with E-state index >= 15 is 0 Å². The molecule has 6 heteroatoms. The van der Waals surface area contributed by atoms with Crippen LogP contribution in [0.3, 0.4) is 0 Å². The lowest BCUT2D eigenvalue weighted by molar-refractivity contribution is 0.103. The van der Waals surface area contributed by atoms with Crippen molar-refractivity contribution < 1.29 is 9.90 Å². The molecule has 0 atom stereocenters. The van der Waals surface area contributed by atoms with Crippen LogP contribution in [-0.2, 0) is 0 Å². The Morgan fingerprint density at radius 2 is 1.80 bits per heavy atom. The molecule has 1 heterocycles. The van der Waals surface area contributed by atoms with Gasteiger partial charge in [0, 0.05) is 30.7 Å². The molecule has 3 rings (SSSR count). The Morgan fingerprint density at radius 1 is 1.08 bits per heavy atom. The monoisotopic (exact) mass is 374 g/mol. The first-order chi connectivity index (χ1) is 11.9. The first-order valence-electron chi connectivity index (χ1n) is 7.61. The Hall–Kier alpha value is -2.30. The van der Waals surface area contributed by atoms with Gasteiger partial charge in [0.2, 0.25) is 0 Å². The Labute approximate surface area is 155 Å². The van der Waals surface area contributed by atoms with E-state index in [2.05, 4.69) is 4.98 Å². The molecule has 0 radical (unpaired) electrons. The van der Waals surface area contributed by atoms with Crippen LogP contribution in [0.5, 0.6) is 5.75 Å². The Balaban J connectivity index is 2.20. The van der Waals surface area contributed by atoms with Crippen LogP contribution in [0, 0.1) is 0 Å². The zero-order valence-electron chi connectivity index (χ0n) is 13.7. The molecule has 0 fully saturated rings. The van der Waals surface area contributed by atoms with Gasteiger partial charge in [-0.1, -0.05) is 41.4 Å². The van der Waals surface area contributed by atoms with Gasteiger partial charge >= 0.3 is 0 Å². The highest BCUT2D eigenvalue weighted by Crippen LogP contribution is 2.32. The highest BCUT2D eigenvalue weighted by atomic mass is 35.5. The standard InChI is InChI=1S/C19H16Cl2N2O2/c1-23(2)12-8-7-11-9-14(17(19(20)21)22-15(11)10-12)18(25)13-5-3-4-6-16(13)24/h3-10,19,24H,1-2H3. The molecule has 1 N–H and O–H groups in total. The third-order valence-electron chi connectivity index (χ3n) is 3.95. The second-order valence-electron chi connectivity index (χ2n) is 5.84. The van der Waals surface area contributed by atoms with Crippen LogP contribution >= 0.6 is 23.2 Å². The van der Waals surface area contributed by atoms with Gasteiger partial charge < -0.3 is 10.0 Å². The number of phenolic OH excluding ortho intramolecular Hbond substituents is 1. The second kappa shape index (κ2) is 6.90. The summed E-state index contributed by atoms with van der Waals surface area (Å²) in [6, 6.07) is 13.8. The number of pyridine rings is 1. The number of nitrogens with zero attached hydrogens (tertiary/aromatic N) is 2. The molecule has 0 aliphatic rings. The number of phenols is 1. The van der Waals surface area contributed by atoms with E-state index in [1.54, 1.807) is 24.3 Å². The summed E-state index contributed by atoms with van der Waals surface area (Å²) in [7, 11) is 3.87. The number of ketones is 1. The quantitative estimate of drug-likeness (QED) is 0.530. The molecule has 2 aromatic carbocycles. The van der Waals surface area contributed by atoms with E-state index in [0.717, 1.165) is 11.1 Å². The zero-order chi connectivity index (χ0) is 18.1. The van der Waals surface area contributed by atoms with Crippen molar-refractivity contribution in [2.24, 2.45) is 0 Å². The summed E-state index contributed by atoms with van der Waals surface area (Å²) in [6.07, 6.45) is 0. The van der Waals surface area contributed by atoms with Gasteiger partial charge in [0.05, 0.1) is 16.8 Å². The summed E-state index contributed by atoms with van der Waals surface area (Å²) >= 11 is 12.1. The number of aromatic hydroxyl groups is 1. The number of aromatic nitrogens is 1. The van der Waals surface area contributed by atoms with E-state index in [0.29, 0.717) is 5.52 Å². The predicted molar refractivity (Wildman–Crippen MR) is 102 cm³/mol. The Bertz CT molecular complexity index is 955. The van der Waals surface area contributed by atoms with Crippen molar-refractivity contribution in [1.29, 1.82) is 0 Å². The van der Waals surface area contributed by atoms with Crippen molar-refractivity contribution in [1.82, 2.24) is 4.98 Å². The van der Waals surface area contributed by atoms with Crippen molar-refractivity contribution in [3.63, 3.8) is 0 Å². The molecule has 0 saturated heterocycles. The maximum atomic E-state index is 12.9. The highest BCUT2D eigenvalue weighted by molar-refractivity contribution is 6.44. The fourth-order valence-corrected chi connectivity index (χ4v) is 2.94. The smallest absolute Gasteiger partial charge is 0.198 e. The average Bonchev–Trinajstić information content (AvgIpc) is 2.59. The summed E-state index contributed by atoms with van der Waals surface area (Å²) in [5.74, 6) is -0.465. The van der Waals surface area contributed by atoms with Crippen LogP contribution in [0.1, 0.15) is 26.5 Å². The number of hydrogen-bond donors (Lipinski definition) is 1. The molecule has 0 amide bonds. The number of para-hydroxylation sites is 1. The minimum absolute atomic E-state index is 0.0952. The van der Waals surface area contributed by atoms with Crippen molar-refractivity contribution >= 4 is 45.6 Å². The molecule has 25 heavy (non-hydrogen) atoms. The molecule has 0 aliphatic carbocycles. The molecule has 3 aromatic rings. The van der Waals surface area contributed by atoms with E-state index in [4.69, 9.17) is 23.2 Å². The average molecular weight is 375 g/mol. The third kappa shape index (κ3) is 3.41. The number of alkyl halides is 2. The maximum absolute atomic E-state index is 12.9. The van der Waals surface area contributed by atoms with Crippen LogP contribution in [0.15, 0.2) is 48.5 Å². The largest absolute Gasteiger partial charge is 0.507 e. The number of rotatable bonds is 4. The predicted octanol–water partition coefficient (Wildman–Crippen LogP) is 4.71. The number of hydrogen-bond acceptors (Lipinski definition) is 4. The lowest BCUT2D eigenvalue weighted by Gasteiger charge is -2.15. The van der Waals surface area contributed by atoms with Gasteiger partial charge in [0.1, 0.15) is 10.6 Å². The van der Waals surface area contributed by atoms with Gasteiger partial charge in [-0.05, 0) is 30.3 Å². The van der Waals surface area contributed by atoms with E-state index in [1.807, 2.05) is 37.2 Å². The molecule has 4 nitrogen and oxygen atoms in total. The van der Waals surface area contributed by atoms with Crippen molar-refractivity contribution in [2.45, 2.75) is 4.84 Å². The maximum Gasteiger partial charge on any atom is 0.198 e. The van der Waals surface area contributed by atoms with Crippen LogP contribution < -0.4 is 4.90 Å². The van der Waals surface area contributed by atoms with E-state index in [9.17, 15) is 9.90 Å². The number of anilines is 1. The first kappa shape index (κ1) is 17.5. The molecule has 128 valence electrons. The minimum Gasteiger partial charge on any atom is -0.507 e. The van der Waals surface area contributed by atoms with Crippen molar-refractivity contribution in [2.75, 3.05) is 19.0 Å². The van der Waals surface area contributed by atoms with Crippen LogP contribution in [-0.4, -0.2) is 30.0 Å². The van der Waals surface area contributed by atoms with E-state index in [1.165, 1.54) is 6.07 Å². The molecule has 0 spiro atoms. The number of halogens is 2. The lowest BCUT2D eigenvalue weighted by atomic mass is 9.99. The Kier molecular flexibility index (Phi) is 4.84. The third-order valence-corrected chi connectivity index (χ3v) is 4.36. The fraction of sp³-hybridized carbons (Fsp3) is 0.158. The summed E-state index contributed by atoms with van der Waals surface area (Å²) in [6.45, 7) is 0. The van der Waals surface area contributed by atoms with Crippen LogP contribution in [0.25, 0.3) is 10.9 Å². The molecule has 0 aliphatic heterocycles. The van der Waals surface area contributed by atoms with Crippen molar-refractivity contribution in [3.05, 3.63) is 65.4 Å². The zero-order valence-corrected chi connectivity index (χ0v) is 15.2. The Morgan fingerprint density at radius 3 is 2.44 bits per heavy atom. The first-order valence-corrected chi connectivity index (χ1v) is 8.48. The number of carbonyl (C=O) groups excluding carboxylic acids is 1. The van der Waals surface area contributed by atoms with Crippen LogP contribution in [0.4, 0.5) is 5.69 Å². The van der Waals surface area contributed by atoms with Gasteiger partial charge in [0.15, 0.2) is 5.78 Å². The topological polar surface area (TPSA) is 53.4 Å². The van der Waals surface area contributed by atoms with Gasteiger partial charge in [0.25, 0.3) is 0 Å². The molecule has 0 saturated carbocycles. The van der Waals surface area contributed by atoms with Gasteiger partial charge in [-0.2, -0.15) is 0 Å². The van der Waals surface area contributed by atoms with Gasteiger partial charge in [-0.25, -0.2) is 4.98 Å². The van der Waals surface area contributed by atoms with E-state index < -0.39 is 4.84 Å². The molecule has 1 aromatic heterocycles. The summed E-state index contributed by atoms with van der Waals surface area (Å²) in [5, 5.41) is 10.8. The number of carbonyl (C=O) groups is 1. The van der Waals surface area contributed by atoms with Crippen LogP contribution in [0.2, 0.25) is 0 Å². The van der Waals surface area contributed by atoms with Gasteiger partial charge in [-0.3, -0.25) is 4.79 Å². The number of fused-ring (bicyclic) bond motifs is 1. The summed E-state index contributed by atoms with van der Waals surface area (Å²) in [4.78, 5) is 18.4. The SMILES string of the molecule is CN(C)c1ccc2cc(C(=O)c3ccccc3O)c(C(Cl)Cl)nc2c1. The summed E-state index contributed by atoms with van der Waals surface area (Å²) in [5.41, 5.74) is 2.41. The molecule has 0 bridgehead atoms. The molecular formula is C19H16Cl2N2O2. The number of benzene rings is 2. The molecular weight excluding hydrogens is 359 g/mol. The highest BCUT2D eigenvalue weighted by Gasteiger charge is 2.22. The lowest BCUT2D eigenvalue weighted by Crippen LogP contribution is -2.10. The van der Waals surface area contributed by atoms with Crippen molar-refractivity contribution in [3.8, 4) is 5.75 Å². The fourth-order valence-electron chi connectivity index (χ4n) is 2.61. The summed E-state index contributed by atoms with van der Waals surface area (Å²) < 4.78 is 0. The minimum atomic E-state index is -0.961. The normalized spacial score (nSPS) is 11.1. The van der Waals surface area contributed by atoms with Gasteiger partial charge in [-0.15, -0.1) is 0 Å². The molecule has 0 unspecified atom stereocenters. The van der Waals surface area contributed by atoms with E-state index in [-0.39, 0.29) is 28.4 Å². The second-order valence-corrected chi connectivity index (χ2v) is 6.94.